The van der Waals surface area contributed by atoms with Gasteiger partial charge in [0.15, 0.2) is 0 Å². The number of imide groups is 1. The number of piperidine rings is 2. The monoisotopic (exact) mass is 533 g/mol. The fraction of sp³-hybridized carbons (Fsp3) is 0.312. The SMILES string of the molecule is O=C1CCC(N2Cc3cc(-c4cc(CN5CCC(c6ccccc6)CC5)cn5ccnc45)ccc3C2=O)C(=O)N1. The zero-order valence-electron chi connectivity index (χ0n) is 22.3. The minimum absolute atomic E-state index is 0.158. The summed E-state index contributed by atoms with van der Waals surface area (Å²) in [6.45, 7) is 3.35. The Balaban J connectivity index is 1.12. The summed E-state index contributed by atoms with van der Waals surface area (Å²) < 4.78 is 2.08. The lowest BCUT2D eigenvalue weighted by Gasteiger charge is -2.32. The van der Waals surface area contributed by atoms with Crippen molar-refractivity contribution in [2.24, 2.45) is 0 Å². The Hall–Kier alpha value is -4.30. The van der Waals surface area contributed by atoms with Crippen molar-refractivity contribution in [3.8, 4) is 11.1 Å². The number of nitrogens with zero attached hydrogens (tertiary/aromatic N) is 4. The summed E-state index contributed by atoms with van der Waals surface area (Å²) >= 11 is 0. The Morgan fingerprint density at radius 3 is 2.55 bits per heavy atom. The van der Waals surface area contributed by atoms with Gasteiger partial charge in [-0.15, -0.1) is 0 Å². The smallest absolute Gasteiger partial charge is 0.255 e. The predicted octanol–water partition coefficient (Wildman–Crippen LogP) is 4.14. The van der Waals surface area contributed by atoms with Crippen molar-refractivity contribution in [3.63, 3.8) is 0 Å². The van der Waals surface area contributed by atoms with E-state index in [4.69, 9.17) is 0 Å². The maximum absolute atomic E-state index is 13.2. The van der Waals surface area contributed by atoms with Crippen molar-refractivity contribution in [3.05, 3.63) is 95.4 Å². The molecule has 1 unspecified atom stereocenters. The Bertz CT molecular complexity index is 1620. The number of likely N-dealkylation sites (tertiary alicyclic amines) is 1. The van der Waals surface area contributed by atoms with Gasteiger partial charge in [0.25, 0.3) is 5.91 Å². The van der Waals surface area contributed by atoms with Gasteiger partial charge in [-0.05, 0) is 78.7 Å². The Kier molecular flexibility index (Phi) is 6.20. The van der Waals surface area contributed by atoms with Crippen molar-refractivity contribution in [2.45, 2.75) is 50.7 Å². The lowest BCUT2D eigenvalue weighted by molar-refractivity contribution is -0.136. The summed E-state index contributed by atoms with van der Waals surface area (Å²) in [6.07, 6.45) is 8.88. The van der Waals surface area contributed by atoms with Crippen molar-refractivity contribution >= 4 is 23.4 Å². The molecular weight excluding hydrogens is 502 g/mol. The van der Waals surface area contributed by atoms with Gasteiger partial charge in [0, 0.05) is 49.2 Å². The Labute approximate surface area is 232 Å². The highest BCUT2D eigenvalue weighted by Gasteiger charge is 2.39. The molecular formula is C32H31N5O3. The van der Waals surface area contributed by atoms with Gasteiger partial charge < -0.3 is 9.30 Å². The number of carbonyl (C=O) groups is 3. The predicted molar refractivity (Wildman–Crippen MR) is 150 cm³/mol. The van der Waals surface area contributed by atoms with E-state index in [0.29, 0.717) is 24.4 Å². The van der Waals surface area contributed by atoms with Gasteiger partial charge >= 0.3 is 0 Å². The largest absolute Gasteiger partial charge is 0.322 e. The van der Waals surface area contributed by atoms with Crippen LogP contribution in [-0.4, -0.2) is 56.0 Å². The average molecular weight is 534 g/mol. The number of nitrogens with one attached hydrogen (secondary N) is 1. The lowest BCUT2D eigenvalue weighted by Crippen LogP contribution is -2.52. The van der Waals surface area contributed by atoms with E-state index in [2.05, 4.69) is 68.3 Å². The molecule has 2 fully saturated rings. The number of hydrogen-bond donors (Lipinski definition) is 1. The van der Waals surface area contributed by atoms with Crippen LogP contribution in [0, 0.1) is 0 Å². The second-order valence-corrected chi connectivity index (χ2v) is 11.2. The molecule has 2 saturated heterocycles. The normalized spacial score (nSPS) is 20.2. The number of aromatic nitrogens is 2. The second kappa shape index (κ2) is 10.0. The van der Waals surface area contributed by atoms with Gasteiger partial charge in [-0.25, -0.2) is 4.98 Å². The molecule has 5 heterocycles. The number of benzene rings is 2. The van der Waals surface area contributed by atoms with Crippen LogP contribution in [0.4, 0.5) is 0 Å². The van der Waals surface area contributed by atoms with E-state index >= 15 is 0 Å². The highest BCUT2D eigenvalue weighted by Crippen LogP contribution is 2.34. The van der Waals surface area contributed by atoms with E-state index in [0.717, 1.165) is 54.8 Å². The van der Waals surface area contributed by atoms with Crippen LogP contribution in [0.5, 0.6) is 0 Å². The van der Waals surface area contributed by atoms with Crippen LogP contribution in [0.1, 0.15) is 58.6 Å². The molecule has 3 aliphatic rings. The Morgan fingerprint density at radius 2 is 1.75 bits per heavy atom. The van der Waals surface area contributed by atoms with Crippen LogP contribution in [0.2, 0.25) is 0 Å². The quantitative estimate of drug-likeness (QED) is 0.390. The van der Waals surface area contributed by atoms with Crippen molar-refractivity contribution in [1.29, 1.82) is 0 Å². The van der Waals surface area contributed by atoms with E-state index in [9.17, 15) is 14.4 Å². The van der Waals surface area contributed by atoms with E-state index in [-0.39, 0.29) is 18.2 Å². The highest BCUT2D eigenvalue weighted by atomic mass is 16.2. The molecule has 0 aliphatic carbocycles. The van der Waals surface area contributed by atoms with Crippen LogP contribution in [-0.2, 0) is 22.7 Å². The standard InChI is InChI=1S/C32H31N5O3/c38-29-9-8-28(31(39)34-29)37-20-25-17-24(6-7-26(25)32(37)40)27-16-21(19-36-15-12-33-30(27)36)18-35-13-10-23(11-14-35)22-4-2-1-3-5-22/h1-7,12,15-17,19,23,28H,8-11,13-14,18,20H2,(H,34,38,39). The molecule has 3 amide bonds. The fourth-order valence-corrected chi connectivity index (χ4v) is 6.54. The first-order valence-electron chi connectivity index (χ1n) is 14.0. The molecule has 1 atom stereocenters. The van der Waals surface area contributed by atoms with E-state index < -0.39 is 11.9 Å². The Morgan fingerprint density at radius 1 is 0.925 bits per heavy atom. The zero-order chi connectivity index (χ0) is 27.2. The summed E-state index contributed by atoms with van der Waals surface area (Å²) in [6, 6.07) is 18.3. The first-order chi connectivity index (χ1) is 19.5. The third-order valence-electron chi connectivity index (χ3n) is 8.64. The van der Waals surface area contributed by atoms with Crippen molar-refractivity contribution < 1.29 is 14.4 Å². The van der Waals surface area contributed by atoms with E-state index in [1.54, 1.807) is 4.90 Å². The van der Waals surface area contributed by atoms with Crippen molar-refractivity contribution in [1.82, 2.24) is 24.5 Å². The molecule has 4 aromatic rings. The first kappa shape index (κ1) is 24.7. The van der Waals surface area contributed by atoms with Gasteiger partial charge in [-0.2, -0.15) is 0 Å². The maximum atomic E-state index is 13.2. The molecule has 8 heteroatoms. The first-order valence-corrected chi connectivity index (χ1v) is 14.0. The molecule has 7 rings (SSSR count). The summed E-state index contributed by atoms with van der Waals surface area (Å²) in [4.78, 5) is 46.0. The minimum atomic E-state index is -0.616. The number of imidazole rings is 1. The fourth-order valence-electron chi connectivity index (χ4n) is 6.54. The van der Waals surface area contributed by atoms with Crippen LogP contribution in [0.25, 0.3) is 16.8 Å². The van der Waals surface area contributed by atoms with Crippen molar-refractivity contribution in [2.75, 3.05) is 13.1 Å². The molecule has 40 heavy (non-hydrogen) atoms. The minimum Gasteiger partial charge on any atom is -0.322 e. The third-order valence-corrected chi connectivity index (χ3v) is 8.64. The molecule has 0 saturated carbocycles. The molecule has 2 aromatic carbocycles. The lowest BCUT2D eigenvalue weighted by atomic mass is 9.89. The molecule has 0 radical (unpaired) electrons. The molecule has 3 aliphatic heterocycles. The van der Waals surface area contributed by atoms with Crippen LogP contribution >= 0.6 is 0 Å². The highest BCUT2D eigenvalue weighted by molar-refractivity contribution is 6.05. The van der Waals surface area contributed by atoms with Gasteiger partial charge in [-0.3, -0.25) is 24.6 Å². The molecule has 0 bridgehead atoms. The zero-order valence-corrected chi connectivity index (χ0v) is 22.3. The average Bonchev–Trinajstić information content (AvgIpc) is 3.57. The summed E-state index contributed by atoms with van der Waals surface area (Å²) in [5.41, 5.74) is 7.07. The number of pyridine rings is 1. The molecule has 202 valence electrons. The number of fused-ring (bicyclic) bond motifs is 2. The van der Waals surface area contributed by atoms with Gasteiger partial charge in [0.05, 0.1) is 0 Å². The second-order valence-electron chi connectivity index (χ2n) is 11.2. The van der Waals surface area contributed by atoms with Gasteiger partial charge in [-0.1, -0.05) is 36.4 Å². The van der Waals surface area contributed by atoms with E-state index in [1.165, 1.54) is 11.1 Å². The molecule has 8 nitrogen and oxygen atoms in total. The summed E-state index contributed by atoms with van der Waals surface area (Å²) in [5.74, 6) is -0.207. The topological polar surface area (TPSA) is 87.0 Å². The third kappa shape index (κ3) is 4.48. The van der Waals surface area contributed by atoms with Crippen LogP contribution < -0.4 is 5.32 Å². The number of amides is 3. The summed E-state index contributed by atoms with van der Waals surface area (Å²) in [5, 5.41) is 2.37. The van der Waals surface area contributed by atoms with Gasteiger partial charge in [0.1, 0.15) is 11.7 Å². The van der Waals surface area contributed by atoms with Crippen LogP contribution in [0.3, 0.4) is 0 Å². The molecule has 2 aromatic heterocycles. The number of hydrogen-bond acceptors (Lipinski definition) is 5. The van der Waals surface area contributed by atoms with Crippen LogP contribution in [0.15, 0.2) is 73.2 Å². The summed E-state index contributed by atoms with van der Waals surface area (Å²) in [7, 11) is 0. The van der Waals surface area contributed by atoms with Gasteiger partial charge in [0.2, 0.25) is 11.8 Å². The molecule has 0 spiro atoms. The number of rotatable bonds is 5. The maximum Gasteiger partial charge on any atom is 0.255 e. The molecule has 1 N–H and O–H groups in total. The van der Waals surface area contributed by atoms with E-state index in [1.807, 2.05) is 24.5 Å². The number of carbonyl (C=O) groups excluding carboxylic acids is 3.